The van der Waals surface area contributed by atoms with Crippen molar-refractivity contribution in [2.45, 2.75) is 45.4 Å². The Morgan fingerprint density at radius 1 is 1.17 bits per heavy atom. The number of nitrogens with one attached hydrogen (secondary N) is 1. The molecule has 0 bridgehead atoms. The maximum atomic E-state index is 12.8. The summed E-state index contributed by atoms with van der Waals surface area (Å²) >= 11 is 0. The third-order valence-electron chi connectivity index (χ3n) is 4.20. The molecule has 0 saturated carbocycles. The summed E-state index contributed by atoms with van der Waals surface area (Å²) in [5.74, 6) is 0.975. The molecule has 1 aliphatic heterocycles. The van der Waals surface area contributed by atoms with Crippen molar-refractivity contribution in [3.05, 3.63) is 24.3 Å². The van der Waals surface area contributed by atoms with Gasteiger partial charge in [-0.3, -0.25) is 4.79 Å². The smallest absolute Gasteiger partial charge is 0.243 e. The summed E-state index contributed by atoms with van der Waals surface area (Å²) in [6.45, 7) is 9.28. The number of amides is 1. The van der Waals surface area contributed by atoms with E-state index in [2.05, 4.69) is 19.2 Å². The minimum absolute atomic E-state index is 0.0562. The average molecular weight is 353 g/mol. The van der Waals surface area contributed by atoms with Crippen molar-refractivity contribution in [3.8, 4) is 0 Å². The summed E-state index contributed by atoms with van der Waals surface area (Å²) in [6, 6.07) is 6.46. The number of rotatable bonds is 5. The summed E-state index contributed by atoms with van der Waals surface area (Å²) in [7, 11) is -3.47. The Balaban J connectivity index is 2.10. The number of hydrogen-bond donors (Lipinski definition) is 1. The molecule has 134 valence electrons. The second kappa shape index (κ2) is 7.66. The number of sulfonamides is 1. The molecule has 1 amide bonds. The number of hydrogen-bond acceptors (Lipinski definition) is 3. The molecular weight excluding hydrogens is 324 g/mol. The van der Waals surface area contributed by atoms with Gasteiger partial charge in [-0.05, 0) is 48.4 Å². The van der Waals surface area contributed by atoms with Gasteiger partial charge in [0.15, 0.2) is 0 Å². The van der Waals surface area contributed by atoms with Gasteiger partial charge in [0.05, 0.1) is 4.90 Å². The molecule has 6 heteroatoms. The van der Waals surface area contributed by atoms with Crippen LogP contribution in [0.15, 0.2) is 29.2 Å². The lowest BCUT2D eigenvalue weighted by atomic mass is 9.94. The van der Waals surface area contributed by atoms with E-state index in [-0.39, 0.29) is 16.7 Å². The highest BCUT2D eigenvalue weighted by molar-refractivity contribution is 7.89. The van der Waals surface area contributed by atoms with E-state index in [1.54, 1.807) is 28.6 Å². The molecule has 1 saturated heterocycles. The molecule has 0 radical (unpaired) electrons. The molecule has 0 aromatic heterocycles. The summed E-state index contributed by atoms with van der Waals surface area (Å²) in [5.41, 5.74) is 0.625. The van der Waals surface area contributed by atoms with Gasteiger partial charge in [0.1, 0.15) is 0 Å². The molecule has 1 fully saturated rings. The third-order valence-corrected chi connectivity index (χ3v) is 6.05. The van der Waals surface area contributed by atoms with Gasteiger partial charge in [-0.25, -0.2) is 8.42 Å². The number of anilines is 1. The summed E-state index contributed by atoms with van der Waals surface area (Å²) in [4.78, 5) is 12.1. The Kier molecular flexibility index (Phi) is 6.04. The molecule has 0 unspecified atom stereocenters. The first-order chi connectivity index (χ1) is 11.2. The second-order valence-corrected chi connectivity index (χ2v) is 9.38. The number of piperidine rings is 1. The van der Waals surface area contributed by atoms with Crippen molar-refractivity contribution in [3.63, 3.8) is 0 Å². The maximum absolute atomic E-state index is 12.8. The second-order valence-electron chi connectivity index (χ2n) is 7.44. The third kappa shape index (κ3) is 4.80. The van der Waals surface area contributed by atoms with E-state index in [9.17, 15) is 13.2 Å². The monoisotopic (exact) mass is 352 g/mol. The van der Waals surface area contributed by atoms with Crippen LogP contribution in [0.3, 0.4) is 0 Å². The van der Waals surface area contributed by atoms with Crippen molar-refractivity contribution in [1.29, 1.82) is 0 Å². The predicted octanol–water partition coefficient (Wildman–Crippen LogP) is 3.34. The van der Waals surface area contributed by atoms with Crippen molar-refractivity contribution in [1.82, 2.24) is 4.31 Å². The minimum Gasteiger partial charge on any atom is -0.326 e. The van der Waals surface area contributed by atoms with E-state index in [0.717, 1.165) is 6.42 Å². The van der Waals surface area contributed by atoms with E-state index in [1.807, 2.05) is 13.8 Å². The first kappa shape index (κ1) is 18.9. The van der Waals surface area contributed by atoms with E-state index in [1.165, 1.54) is 0 Å². The number of benzene rings is 1. The lowest BCUT2D eigenvalue weighted by Crippen LogP contribution is -2.42. The molecule has 1 aromatic carbocycles. The molecule has 2 atom stereocenters. The van der Waals surface area contributed by atoms with Crippen LogP contribution in [-0.2, 0) is 14.8 Å². The van der Waals surface area contributed by atoms with Crippen LogP contribution in [-0.4, -0.2) is 31.7 Å². The predicted molar refractivity (Wildman–Crippen MR) is 96.2 cm³/mol. The van der Waals surface area contributed by atoms with Gasteiger partial charge in [0.25, 0.3) is 0 Å². The van der Waals surface area contributed by atoms with Crippen molar-refractivity contribution >= 4 is 21.6 Å². The van der Waals surface area contributed by atoms with Crippen molar-refractivity contribution in [2.75, 3.05) is 18.4 Å². The van der Waals surface area contributed by atoms with Gasteiger partial charge in [-0.15, -0.1) is 0 Å². The van der Waals surface area contributed by atoms with Crippen LogP contribution < -0.4 is 5.32 Å². The zero-order chi connectivity index (χ0) is 17.9. The summed E-state index contributed by atoms with van der Waals surface area (Å²) < 4.78 is 27.2. The van der Waals surface area contributed by atoms with Gasteiger partial charge in [0.2, 0.25) is 15.9 Å². The minimum atomic E-state index is -3.47. The number of carbonyl (C=O) groups excluding carboxylic acids is 1. The Labute approximate surface area is 145 Å². The van der Waals surface area contributed by atoms with Crippen LogP contribution in [0.2, 0.25) is 0 Å². The number of carbonyl (C=O) groups is 1. The van der Waals surface area contributed by atoms with Crippen LogP contribution >= 0.6 is 0 Å². The lowest BCUT2D eigenvalue weighted by Gasteiger charge is -2.34. The average Bonchev–Trinajstić information content (AvgIpc) is 2.45. The van der Waals surface area contributed by atoms with Crippen molar-refractivity contribution in [2.24, 2.45) is 17.8 Å². The maximum Gasteiger partial charge on any atom is 0.243 e. The van der Waals surface area contributed by atoms with Gasteiger partial charge in [0, 0.05) is 25.2 Å². The first-order valence-corrected chi connectivity index (χ1v) is 10.0. The number of nitrogens with zero attached hydrogens (tertiary/aromatic N) is 1. The first-order valence-electron chi connectivity index (χ1n) is 8.58. The highest BCUT2D eigenvalue weighted by Crippen LogP contribution is 2.27. The molecule has 1 aromatic rings. The molecule has 0 spiro atoms. The standard InChI is InChI=1S/C18H28N2O3S/c1-13(2)9-18(21)19-16-5-7-17(8-6-16)24(22,23)20-11-14(3)10-15(4)12-20/h5-8,13-15H,9-12H2,1-4H3,(H,19,21)/t14-,15-/m0/s1. The largest absolute Gasteiger partial charge is 0.326 e. The zero-order valence-corrected chi connectivity index (χ0v) is 15.8. The fourth-order valence-electron chi connectivity index (χ4n) is 3.24. The van der Waals surface area contributed by atoms with Crippen LogP contribution in [0.1, 0.15) is 40.5 Å². The van der Waals surface area contributed by atoms with Crippen LogP contribution in [0.5, 0.6) is 0 Å². The SMILES string of the molecule is CC(C)CC(=O)Nc1ccc(S(=O)(=O)N2C[C@@H](C)C[C@H](C)C2)cc1. The molecule has 2 rings (SSSR count). The van der Waals surface area contributed by atoms with E-state index >= 15 is 0 Å². The molecular formula is C18H28N2O3S. The molecule has 1 heterocycles. The van der Waals surface area contributed by atoms with Gasteiger partial charge in [-0.2, -0.15) is 4.31 Å². The Bertz CT molecular complexity index is 658. The molecule has 24 heavy (non-hydrogen) atoms. The zero-order valence-electron chi connectivity index (χ0n) is 15.0. The Morgan fingerprint density at radius 3 is 2.21 bits per heavy atom. The topological polar surface area (TPSA) is 66.5 Å². The van der Waals surface area contributed by atoms with Crippen molar-refractivity contribution < 1.29 is 13.2 Å². The van der Waals surface area contributed by atoms with Crippen LogP contribution in [0.4, 0.5) is 5.69 Å². The van der Waals surface area contributed by atoms with Gasteiger partial charge < -0.3 is 5.32 Å². The molecule has 1 N–H and O–H groups in total. The van der Waals surface area contributed by atoms with Gasteiger partial charge >= 0.3 is 0 Å². The Morgan fingerprint density at radius 2 is 1.71 bits per heavy atom. The Hall–Kier alpha value is -1.40. The normalized spacial score (nSPS) is 22.5. The van der Waals surface area contributed by atoms with E-state index in [4.69, 9.17) is 0 Å². The molecule has 5 nitrogen and oxygen atoms in total. The highest BCUT2D eigenvalue weighted by Gasteiger charge is 2.31. The fourth-order valence-corrected chi connectivity index (χ4v) is 4.92. The summed E-state index contributed by atoms with van der Waals surface area (Å²) in [6.07, 6.45) is 1.51. The van der Waals surface area contributed by atoms with E-state index < -0.39 is 10.0 Å². The quantitative estimate of drug-likeness (QED) is 0.884. The fraction of sp³-hybridized carbons (Fsp3) is 0.611. The van der Waals surface area contributed by atoms with E-state index in [0.29, 0.717) is 37.0 Å². The molecule has 0 aliphatic carbocycles. The summed E-state index contributed by atoms with van der Waals surface area (Å²) in [5, 5.41) is 2.80. The highest BCUT2D eigenvalue weighted by atomic mass is 32.2. The van der Waals surface area contributed by atoms with Crippen LogP contribution in [0.25, 0.3) is 0 Å². The molecule has 1 aliphatic rings. The van der Waals surface area contributed by atoms with Crippen LogP contribution in [0, 0.1) is 17.8 Å². The lowest BCUT2D eigenvalue weighted by molar-refractivity contribution is -0.116. The van der Waals surface area contributed by atoms with Gasteiger partial charge in [-0.1, -0.05) is 27.7 Å².